The monoisotopic (exact) mass is 270 g/mol. The highest BCUT2D eigenvalue weighted by atomic mass is 16.5. The summed E-state index contributed by atoms with van der Waals surface area (Å²) >= 11 is 0. The number of amides is 1. The Hall–Kier alpha value is -0.690. The van der Waals surface area contributed by atoms with E-state index in [1.54, 1.807) is 0 Å². The van der Waals surface area contributed by atoms with Gasteiger partial charge in [-0.05, 0) is 6.42 Å². The Morgan fingerprint density at radius 1 is 1.32 bits per heavy atom. The Bertz CT molecular complexity index is 403. The van der Waals surface area contributed by atoms with Gasteiger partial charge in [0.15, 0.2) is 0 Å². The van der Waals surface area contributed by atoms with Crippen molar-refractivity contribution in [3.8, 4) is 0 Å². The molecule has 1 saturated carbocycles. The van der Waals surface area contributed by atoms with Gasteiger partial charge in [-0.2, -0.15) is 0 Å². The Balaban J connectivity index is 1.83. The van der Waals surface area contributed by atoms with Gasteiger partial charge in [0.25, 0.3) is 0 Å². The van der Waals surface area contributed by atoms with E-state index in [-0.39, 0.29) is 31.0 Å². The molecule has 4 N–H and O–H groups in total. The van der Waals surface area contributed by atoms with Crippen LogP contribution in [0.2, 0.25) is 0 Å². The quantitative estimate of drug-likeness (QED) is 0.550. The molecular formula is C13H22N2O4. The van der Waals surface area contributed by atoms with Gasteiger partial charge >= 0.3 is 0 Å². The second-order valence-corrected chi connectivity index (χ2v) is 6.62. The summed E-state index contributed by atoms with van der Waals surface area (Å²) in [6.07, 6.45) is -0.897. The predicted octanol–water partition coefficient (Wildman–Crippen LogP) is -1.31. The van der Waals surface area contributed by atoms with E-state index in [0.717, 1.165) is 6.42 Å². The van der Waals surface area contributed by atoms with E-state index in [2.05, 4.69) is 0 Å². The van der Waals surface area contributed by atoms with Gasteiger partial charge in [-0.3, -0.25) is 4.79 Å². The summed E-state index contributed by atoms with van der Waals surface area (Å²) in [6.45, 7) is 4.89. The molecule has 108 valence electrons. The largest absolute Gasteiger partial charge is 0.388 e. The van der Waals surface area contributed by atoms with Crippen molar-refractivity contribution in [1.29, 1.82) is 0 Å². The van der Waals surface area contributed by atoms with Crippen molar-refractivity contribution in [1.82, 2.24) is 4.90 Å². The van der Waals surface area contributed by atoms with Gasteiger partial charge in [0.05, 0.1) is 18.3 Å². The van der Waals surface area contributed by atoms with Crippen LogP contribution < -0.4 is 5.73 Å². The number of hydrogen-bond acceptors (Lipinski definition) is 5. The second-order valence-electron chi connectivity index (χ2n) is 6.62. The normalized spacial score (nSPS) is 47.9. The predicted molar refractivity (Wildman–Crippen MR) is 67.1 cm³/mol. The van der Waals surface area contributed by atoms with Crippen molar-refractivity contribution in [2.45, 2.75) is 44.1 Å². The highest BCUT2D eigenvalue weighted by Crippen LogP contribution is 2.58. The van der Waals surface area contributed by atoms with E-state index in [1.165, 1.54) is 4.90 Å². The molecule has 6 nitrogen and oxygen atoms in total. The maximum absolute atomic E-state index is 12.7. The summed E-state index contributed by atoms with van der Waals surface area (Å²) in [7, 11) is 0. The highest BCUT2D eigenvalue weighted by Gasteiger charge is 2.72. The number of ether oxygens (including phenoxy) is 1. The number of rotatable bonds is 1. The molecule has 0 aromatic heterocycles. The first-order valence-corrected chi connectivity index (χ1v) is 6.86. The standard InChI is InChI=1S/C13H22N2O4/c1-12(2)10-7(3-4-19-10)13(12,14)11(18)15-5-8(16)9(17)6-15/h7-10,16-17H,3-6,14H2,1-2H3. The smallest absolute Gasteiger partial charge is 0.243 e. The van der Waals surface area contributed by atoms with Gasteiger partial charge in [0, 0.05) is 31.0 Å². The SMILES string of the molecule is CC1(C)C2OCCC2C1(N)C(=O)N1CC(O)C(O)C1. The minimum atomic E-state index is -0.946. The molecule has 1 aliphatic carbocycles. The van der Waals surface area contributed by atoms with Crippen molar-refractivity contribution >= 4 is 5.91 Å². The van der Waals surface area contributed by atoms with Crippen molar-refractivity contribution < 1.29 is 19.7 Å². The third-order valence-electron chi connectivity index (χ3n) is 5.35. The van der Waals surface area contributed by atoms with Crippen LogP contribution in [0, 0.1) is 11.3 Å². The van der Waals surface area contributed by atoms with Crippen LogP contribution in [0.1, 0.15) is 20.3 Å². The number of hydrogen-bond donors (Lipinski definition) is 3. The zero-order chi connectivity index (χ0) is 14.0. The van der Waals surface area contributed by atoms with Crippen molar-refractivity contribution in [2.75, 3.05) is 19.7 Å². The maximum Gasteiger partial charge on any atom is 0.243 e. The van der Waals surface area contributed by atoms with Gasteiger partial charge in [-0.15, -0.1) is 0 Å². The molecule has 0 bridgehead atoms. The molecule has 1 amide bonds. The molecule has 6 heteroatoms. The number of likely N-dealkylation sites (tertiary alicyclic amines) is 1. The van der Waals surface area contributed by atoms with Crippen LogP contribution in [0.25, 0.3) is 0 Å². The molecule has 2 heterocycles. The van der Waals surface area contributed by atoms with Crippen LogP contribution in [0.5, 0.6) is 0 Å². The summed E-state index contributed by atoms with van der Waals surface area (Å²) in [4.78, 5) is 14.2. The summed E-state index contributed by atoms with van der Waals surface area (Å²) in [5, 5.41) is 19.2. The molecule has 5 atom stereocenters. The lowest BCUT2D eigenvalue weighted by Gasteiger charge is -2.61. The van der Waals surface area contributed by atoms with Gasteiger partial charge in [0.2, 0.25) is 5.91 Å². The Labute approximate surface area is 112 Å². The van der Waals surface area contributed by atoms with Gasteiger partial charge in [0.1, 0.15) is 5.54 Å². The number of β-amino-alcohol motifs (C(OH)–C–C–N with tert-alkyl or cyclic N) is 2. The molecular weight excluding hydrogens is 248 g/mol. The van der Waals surface area contributed by atoms with E-state index in [1.807, 2.05) is 13.8 Å². The van der Waals surface area contributed by atoms with Crippen LogP contribution in [0.15, 0.2) is 0 Å². The molecule has 0 aromatic rings. The lowest BCUT2D eigenvalue weighted by atomic mass is 9.47. The number of aliphatic hydroxyl groups is 2. The average molecular weight is 270 g/mol. The van der Waals surface area contributed by atoms with E-state index in [0.29, 0.717) is 6.61 Å². The summed E-state index contributed by atoms with van der Waals surface area (Å²) < 4.78 is 5.67. The van der Waals surface area contributed by atoms with Crippen molar-refractivity contribution in [3.05, 3.63) is 0 Å². The third-order valence-corrected chi connectivity index (χ3v) is 5.35. The first-order valence-electron chi connectivity index (χ1n) is 6.86. The van der Waals surface area contributed by atoms with Crippen molar-refractivity contribution in [2.24, 2.45) is 17.1 Å². The first kappa shape index (κ1) is 13.3. The molecule has 3 aliphatic rings. The van der Waals surface area contributed by atoms with Crippen LogP contribution in [-0.4, -0.2) is 64.6 Å². The van der Waals surface area contributed by atoms with Gasteiger partial charge < -0.3 is 25.6 Å². The molecule has 2 saturated heterocycles. The van der Waals surface area contributed by atoms with E-state index in [9.17, 15) is 15.0 Å². The number of carbonyl (C=O) groups excluding carboxylic acids is 1. The molecule has 0 aromatic carbocycles. The molecule has 0 radical (unpaired) electrons. The van der Waals surface area contributed by atoms with Crippen LogP contribution in [0.3, 0.4) is 0 Å². The number of aliphatic hydroxyl groups excluding tert-OH is 2. The molecule has 2 aliphatic heterocycles. The lowest BCUT2D eigenvalue weighted by Crippen LogP contribution is -2.80. The minimum Gasteiger partial charge on any atom is -0.388 e. The third kappa shape index (κ3) is 1.48. The zero-order valence-electron chi connectivity index (χ0n) is 11.4. The molecule has 0 spiro atoms. The van der Waals surface area contributed by atoms with E-state index >= 15 is 0 Å². The second kappa shape index (κ2) is 3.91. The summed E-state index contributed by atoms with van der Waals surface area (Å²) in [6, 6.07) is 0. The molecule has 5 unspecified atom stereocenters. The van der Waals surface area contributed by atoms with E-state index < -0.39 is 23.2 Å². The zero-order valence-corrected chi connectivity index (χ0v) is 11.4. The Morgan fingerprint density at radius 2 is 1.89 bits per heavy atom. The van der Waals surface area contributed by atoms with Crippen LogP contribution in [0.4, 0.5) is 0 Å². The summed E-state index contributed by atoms with van der Waals surface area (Å²) in [5.74, 6) is -0.121. The van der Waals surface area contributed by atoms with Crippen LogP contribution in [-0.2, 0) is 9.53 Å². The summed E-state index contributed by atoms with van der Waals surface area (Å²) in [5.41, 5.74) is 5.09. The maximum atomic E-state index is 12.7. The minimum absolute atomic E-state index is 0.0406. The number of carbonyl (C=O) groups is 1. The topological polar surface area (TPSA) is 96.0 Å². The Morgan fingerprint density at radius 3 is 2.47 bits per heavy atom. The first-order chi connectivity index (χ1) is 8.80. The molecule has 3 rings (SSSR count). The fraction of sp³-hybridized carbons (Fsp3) is 0.923. The van der Waals surface area contributed by atoms with Crippen LogP contribution >= 0.6 is 0 Å². The number of nitrogens with two attached hydrogens (primary N) is 1. The molecule has 3 fully saturated rings. The average Bonchev–Trinajstić information content (AvgIpc) is 2.94. The lowest BCUT2D eigenvalue weighted by molar-refractivity contribution is -0.183. The number of nitrogens with zero attached hydrogens (tertiary/aromatic N) is 1. The molecule has 19 heavy (non-hydrogen) atoms. The fourth-order valence-electron chi connectivity index (χ4n) is 4.02. The van der Waals surface area contributed by atoms with Gasteiger partial charge in [-0.25, -0.2) is 0 Å². The fourth-order valence-corrected chi connectivity index (χ4v) is 4.02. The van der Waals surface area contributed by atoms with Gasteiger partial charge in [-0.1, -0.05) is 13.8 Å². The highest BCUT2D eigenvalue weighted by molar-refractivity contribution is 5.90. The van der Waals surface area contributed by atoms with E-state index in [4.69, 9.17) is 10.5 Å². The van der Waals surface area contributed by atoms with Crippen molar-refractivity contribution in [3.63, 3.8) is 0 Å². The Kier molecular flexibility index (Phi) is 2.74. The number of fused-ring (bicyclic) bond motifs is 1.